The molecule has 1 aliphatic carbocycles. The zero-order valence-electron chi connectivity index (χ0n) is 13.7. The SMILES string of the molecule is CCO[SiH](CCC(C)C1CCC2(CC)OC2C1)OCC. The first-order valence-electron chi connectivity index (χ1n) is 8.56. The van der Waals surface area contributed by atoms with Gasteiger partial charge in [-0.15, -0.1) is 0 Å². The maximum atomic E-state index is 5.96. The number of hydrogen-bond donors (Lipinski definition) is 0. The predicted octanol–water partition coefficient (Wildman–Crippen LogP) is 3.65. The number of hydrogen-bond acceptors (Lipinski definition) is 3. The van der Waals surface area contributed by atoms with Gasteiger partial charge in [0, 0.05) is 13.2 Å². The van der Waals surface area contributed by atoms with Gasteiger partial charge in [-0.2, -0.15) is 0 Å². The molecule has 1 saturated heterocycles. The Hall–Kier alpha value is 0.0969. The maximum Gasteiger partial charge on any atom is 0.321 e. The molecule has 3 nitrogen and oxygen atoms in total. The summed E-state index contributed by atoms with van der Waals surface area (Å²) in [4.78, 5) is 0. The molecule has 4 atom stereocenters. The molecule has 2 rings (SSSR count). The summed E-state index contributed by atoms with van der Waals surface area (Å²) in [5, 5.41) is 0. The Morgan fingerprint density at radius 2 is 1.95 bits per heavy atom. The molecule has 1 saturated carbocycles. The van der Waals surface area contributed by atoms with Crippen molar-refractivity contribution < 1.29 is 13.6 Å². The number of epoxide rings is 1. The molecule has 0 radical (unpaired) electrons. The highest BCUT2D eigenvalue weighted by Crippen LogP contribution is 2.53. The highest BCUT2D eigenvalue weighted by atomic mass is 28.3. The highest BCUT2D eigenvalue weighted by Gasteiger charge is 2.57. The minimum atomic E-state index is -1.40. The normalized spacial score (nSPS) is 34.0. The first-order valence-corrected chi connectivity index (χ1v) is 10.3. The van der Waals surface area contributed by atoms with Crippen molar-refractivity contribution >= 4 is 9.28 Å². The van der Waals surface area contributed by atoms with E-state index < -0.39 is 9.28 Å². The third-order valence-electron chi connectivity index (χ3n) is 5.33. The second kappa shape index (κ2) is 7.39. The lowest BCUT2D eigenvalue weighted by atomic mass is 9.75. The van der Waals surface area contributed by atoms with E-state index in [9.17, 15) is 0 Å². The summed E-state index contributed by atoms with van der Waals surface area (Å²) in [5.41, 5.74) is 0.296. The van der Waals surface area contributed by atoms with Gasteiger partial charge in [0.05, 0.1) is 11.7 Å². The topological polar surface area (TPSA) is 31.0 Å². The van der Waals surface area contributed by atoms with E-state index in [1.807, 2.05) is 0 Å². The molecule has 0 amide bonds. The summed E-state index contributed by atoms with van der Waals surface area (Å²) >= 11 is 0. The summed E-state index contributed by atoms with van der Waals surface area (Å²) in [6, 6.07) is 1.16. The lowest BCUT2D eigenvalue weighted by molar-refractivity contribution is 0.203. The van der Waals surface area contributed by atoms with Gasteiger partial charge in [0.1, 0.15) is 0 Å². The first kappa shape index (κ1) is 16.5. The lowest BCUT2D eigenvalue weighted by Gasteiger charge is -2.29. The van der Waals surface area contributed by atoms with E-state index in [0.29, 0.717) is 11.7 Å². The van der Waals surface area contributed by atoms with Gasteiger partial charge in [0.15, 0.2) is 0 Å². The Labute approximate surface area is 126 Å². The average molecular weight is 301 g/mol. The van der Waals surface area contributed by atoms with Crippen LogP contribution in [0.1, 0.15) is 59.8 Å². The van der Waals surface area contributed by atoms with Crippen molar-refractivity contribution in [3.8, 4) is 0 Å². The van der Waals surface area contributed by atoms with Crippen LogP contribution in [-0.4, -0.2) is 34.2 Å². The fourth-order valence-electron chi connectivity index (χ4n) is 3.78. The fraction of sp³-hybridized carbons (Fsp3) is 1.00. The standard InChI is InChI=1S/C16H32O3Si/c1-5-16-10-8-14(12-15(16)19-16)13(4)9-11-20(17-6-2)18-7-3/h13-15,20H,5-12H2,1-4H3. The Morgan fingerprint density at radius 3 is 2.50 bits per heavy atom. The maximum absolute atomic E-state index is 5.96. The van der Waals surface area contributed by atoms with Gasteiger partial charge in [-0.1, -0.05) is 13.8 Å². The largest absolute Gasteiger partial charge is 0.397 e. The molecular formula is C16H32O3Si. The average Bonchev–Trinajstić information content (AvgIpc) is 3.19. The lowest BCUT2D eigenvalue weighted by Crippen LogP contribution is -2.28. The van der Waals surface area contributed by atoms with Crippen LogP contribution < -0.4 is 0 Å². The minimum absolute atomic E-state index is 0.296. The fourth-order valence-corrected chi connectivity index (χ4v) is 5.75. The van der Waals surface area contributed by atoms with Crippen LogP contribution in [0.2, 0.25) is 6.04 Å². The Balaban J connectivity index is 1.71. The van der Waals surface area contributed by atoms with Gasteiger partial charge in [-0.3, -0.25) is 0 Å². The van der Waals surface area contributed by atoms with Crippen molar-refractivity contribution in [1.82, 2.24) is 0 Å². The van der Waals surface area contributed by atoms with E-state index >= 15 is 0 Å². The summed E-state index contributed by atoms with van der Waals surface area (Å²) in [6.45, 7) is 10.4. The Bertz CT molecular complexity index is 293. The van der Waals surface area contributed by atoms with Crippen LogP contribution in [-0.2, 0) is 13.6 Å². The zero-order chi connectivity index (χ0) is 14.6. The molecule has 1 aliphatic heterocycles. The van der Waals surface area contributed by atoms with Gasteiger partial charge < -0.3 is 13.6 Å². The van der Waals surface area contributed by atoms with Crippen LogP contribution in [0.5, 0.6) is 0 Å². The molecule has 4 unspecified atom stereocenters. The van der Waals surface area contributed by atoms with Gasteiger partial charge in [-0.05, 0) is 63.8 Å². The summed E-state index contributed by atoms with van der Waals surface area (Å²) in [6.07, 6.45) is 6.93. The van der Waals surface area contributed by atoms with Crippen molar-refractivity contribution in [2.75, 3.05) is 13.2 Å². The predicted molar refractivity (Wildman–Crippen MR) is 84.2 cm³/mol. The van der Waals surface area contributed by atoms with E-state index in [1.165, 1.54) is 32.1 Å². The van der Waals surface area contributed by atoms with E-state index in [4.69, 9.17) is 13.6 Å². The first-order chi connectivity index (χ1) is 9.65. The number of rotatable bonds is 9. The van der Waals surface area contributed by atoms with E-state index in [-0.39, 0.29) is 0 Å². The molecule has 4 heteroatoms. The van der Waals surface area contributed by atoms with Gasteiger partial charge in [0.25, 0.3) is 0 Å². The van der Waals surface area contributed by atoms with Crippen LogP contribution in [0.15, 0.2) is 0 Å². The molecule has 118 valence electrons. The molecule has 0 spiro atoms. The third-order valence-corrected chi connectivity index (χ3v) is 7.54. The van der Waals surface area contributed by atoms with E-state index in [2.05, 4.69) is 27.7 Å². The molecule has 2 fully saturated rings. The Morgan fingerprint density at radius 1 is 1.25 bits per heavy atom. The molecule has 0 aromatic carbocycles. The molecule has 0 N–H and O–H groups in total. The van der Waals surface area contributed by atoms with Crippen molar-refractivity contribution in [3.05, 3.63) is 0 Å². The van der Waals surface area contributed by atoms with Gasteiger partial charge in [-0.25, -0.2) is 0 Å². The summed E-state index contributed by atoms with van der Waals surface area (Å²) < 4.78 is 17.5. The molecule has 20 heavy (non-hydrogen) atoms. The minimum Gasteiger partial charge on any atom is -0.397 e. The van der Waals surface area contributed by atoms with Crippen molar-refractivity contribution in [3.63, 3.8) is 0 Å². The molecule has 0 aromatic rings. The van der Waals surface area contributed by atoms with Crippen molar-refractivity contribution in [2.24, 2.45) is 11.8 Å². The second-order valence-corrected chi connectivity index (χ2v) is 8.56. The molecular weight excluding hydrogens is 268 g/mol. The highest BCUT2D eigenvalue weighted by molar-refractivity contribution is 6.44. The monoisotopic (exact) mass is 300 g/mol. The number of ether oxygens (including phenoxy) is 1. The Kier molecular flexibility index (Phi) is 6.08. The van der Waals surface area contributed by atoms with Gasteiger partial charge in [0.2, 0.25) is 0 Å². The van der Waals surface area contributed by atoms with Crippen LogP contribution in [0, 0.1) is 11.8 Å². The smallest absolute Gasteiger partial charge is 0.321 e. The molecule has 1 heterocycles. The third kappa shape index (κ3) is 3.84. The molecule has 0 bridgehead atoms. The van der Waals surface area contributed by atoms with Crippen LogP contribution in [0.3, 0.4) is 0 Å². The van der Waals surface area contributed by atoms with Crippen molar-refractivity contribution in [1.29, 1.82) is 0 Å². The van der Waals surface area contributed by atoms with Crippen molar-refractivity contribution in [2.45, 2.75) is 77.5 Å². The molecule has 0 aromatic heterocycles. The van der Waals surface area contributed by atoms with Gasteiger partial charge >= 0.3 is 9.28 Å². The van der Waals surface area contributed by atoms with E-state index in [1.54, 1.807) is 0 Å². The summed E-state index contributed by atoms with van der Waals surface area (Å²) in [7, 11) is -1.40. The zero-order valence-corrected chi connectivity index (χ0v) is 14.8. The molecule has 2 aliphatic rings. The summed E-state index contributed by atoms with van der Waals surface area (Å²) in [5.74, 6) is 1.63. The van der Waals surface area contributed by atoms with Crippen LogP contribution >= 0.6 is 0 Å². The quantitative estimate of drug-likeness (QED) is 0.481. The second-order valence-electron chi connectivity index (χ2n) is 6.45. The number of fused-ring (bicyclic) bond motifs is 1. The van der Waals surface area contributed by atoms with E-state index in [0.717, 1.165) is 31.1 Å². The van der Waals surface area contributed by atoms with Crippen LogP contribution in [0.4, 0.5) is 0 Å². The van der Waals surface area contributed by atoms with Crippen LogP contribution in [0.25, 0.3) is 0 Å².